The number of anilines is 1. The molecule has 8 heteroatoms. The van der Waals surface area contributed by atoms with Gasteiger partial charge in [-0.25, -0.2) is 4.98 Å². The average Bonchev–Trinajstić information content (AvgIpc) is 3.36. The zero-order valence-electron chi connectivity index (χ0n) is 20.8. The van der Waals surface area contributed by atoms with Crippen molar-refractivity contribution in [3.8, 4) is 5.75 Å². The fraction of sp³-hybridized carbons (Fsp3) is 0.536. The number of carboxylic acid groups (broad SMARTS) is 1. The predicted molar refractivity (Wildman–Crippen MR) is 137 cm³/mol. The van der Waals surface area contributed by atoms with Crippen molar-refractivity contribution in [2.45, 2.75) is 57.4 Å². The normalized spacial score (nSPS) is 19.9. The van der Waals surface area contributed by atoms with E-state index in [-0.39, 0.29) is 18.2 Å². The molecule has 2 aromatic rings. The minimum absolute atomic E-state index is 0.0508. The fourth-order valence-corrected chi connectivity index (χ4v) is 5.60. The number of hydrogen-bond donors (Lipinski definition) is 3. The Balaban J connectivity index is 1.14. The molecule has 1 amide bonds. The van der Waals surface area contributed by atoms with Crippen LogP contribution >= 0.6 is 0 Å². The minimum Gasteiger partial charge on any atom is -0.493 e. The number of aliphatic carboxylic acids is 1. The van der Waals surface area contributed by atoms with Gasteiger partial charge in [-0.1, -0.05) is 12.1 Å². The molecule has 0 unspecified atom stereocenters. The van der Waals surface area contributed by atoms with E-state index < -0.39 is 12.0 Å². The highest BCUT2D eigenvalue weighted by atomic mass is 16.5. The Labute approximate surface area is 212 Å². The van der Waals surface area contributed by atoms with Crippen LogP contribution in [0.2, 0.25) is 0 Å². The van der Waals surface area contributed by atoms with Gasteiger partial charge < -0.3 is 25.4 Å². The molecule has 1 fully saturated rings. The molecular weight excluding hydrogens is 456 g/mol. The monoisotopic (exact) mass is 492 g/mol. The number of fused-ring (bicyclic) bond motifs is 2. The van der Waals surface area contributed by atoms with Crippen LogP contribution in [0.1, 0.15) is 60.5 Å². The molecule has 3 aliphatic rings. The first kappa shape index (κ1) is 24.6. The summed E-state index contributed by atoms with van der Waals surface area (Å²) in [7, 11) is 0. The van der Waals surface area contributed by atoms with E-state index in [2.05, 4.69) is 27.7 Å². The van der Waals surface area contributed by atoms with Gasteiger partial charge in [-0.3, -0.25) is 9.59 Å². The number of carboxylic acids is 1. The summed E-state index contributed by atoms with van der Waals surface area (Å²) in [5.41, 5.74) is 4.33. The molecule has 3 aliphatic heterocycles. The summed E-state index contributed by atoms with van der Waals surface area (Å²) >= 11 is 0. The van der Waals surface area contributed by atoms with E-state index in [1.54, 1.807) is 0 Å². The lowest BCUT2D eigenvalue weighted by molar-refractivity contribution is -0.138. The Morgan fingerprint density at radius 2 is 2.11 bits per heavy atom. The minimum atomic E-state index is -0.923. The van der Waals surface area contributed by atoms with Crippen molar-refractivity contribution in [1.82, 2.24) is 15.2 Å². The number of nitrogens with zero attached hydrogens (tertiary/aromatic N) is 2. The number of piperidine rings is 1. The van der Waals surface area contributed by atoms with Crippen molar-refractivity contribution < 1.29 is 19.4 Å². The van der Waals surface area contributed by atoms with Crippen molar-refractivity contribution in [1.29, 1.82) is 0 Å². The quantitative estimate of drug-likeness (QED) is 0.493. The third-order valence-corrected chi connectivity index (χ3v) is 7.55. The fourth-order valence-electron chi connectivity index (χ4n) is 5.60. The van der Waals surface area contributed by atoms with Crippen LogP contribution in [-0.4, -0.2) is 59.7 Å². The second kappa shape index (κ2) is 11.3. The molecule has 0 radical (unpaired) electrons. The van der Waals surface area contributed by atoms with Crippen molar-refractivity contribution in [2.24, 2.45) is 5.92 Å². The number of nitrogens with one attached hydrogen (secondary N) is 2. The van der Waals surface area contributed by atoms with E-state index in [0.29, 0.717) is 13.2 Å². The molecule has 1 aromatic heterocycles. The Hall–Kier alpha value is -3.13. The van der Waals surface area contributed by atoms with E-state index in [1.165, 1.54) is 5.56 Å². The van der Waals surface area contributed by atoms with E-state index in [4.69, 9.17) is 9.72 Å². The molecule has 36 heavy (non-hydrogen) atoms. The first-order valence-electron chi connectivity index (χ1n) is 13.3. The standard InChI is InChI=1S/C28H36N4O4/c33-26(34)17-24(20-8-10-25-21(16-20)11-15-36-25)31-28(35)22-5-2-13-32(18-22)14-3-6-23-9-7-19-4-1-12-29-27(19)30-23/h7-10,16,22,24H,1-6,11-15,17-18H2,(H,29,30)(H,31,35)(H,33,34)/t22-,24+/m1/s1. The number of ether oxygens (including phenoxy) is 1. The largest absolute Gasteiger partial charge is 0.493 e. The Kier molecular flexibility index (Phi) is 7.70. The highest BCUT2D eigenvalue weighted by Crippen LogP contribution is 2.30. The van der Waals surface area contributed by atoms with Crippen LogP contribution in [0.4, 0.5) is 5.82 Å². The number of carbonyl (C=O) groups is 2. The maximum Gasteiger partial charge on any atom is 0.305 e. The van der Waals surface area contributed by atoms with E-state index in [1.807, 2.05) is 18.2 Å². The summed E-state index contributed by atoms with van der Waals surface area (Å²) in [5.74, 6) is 0.793. The first-order chi connectivity index (χ1) is 17.5. The molecule has 1 aromatic carbocycles. The van der Waals surface area contributed by atoms with Crippen LogP contribution in [0.25, 0.3) is 0 Å². The second-order valence-electron chi connectivity index (χ2n) is 10.2. The van der Waals surface area contributed by atoms with Gasteiger partial charge in [0.25, 0.3) is 0 Å². The lowest BCUT2D eigenvalue weighted by Crippen LogP contribution is -2.44. The van der Waals surface area contributed by atoms with E-state index >= 15 is 0 Å². The maximum absolute atomic E-state index is 13.2. The van der Waals surface area contributed by atoms with Gasteiger partial charge in [0.1, 0.15) is 11.6 Å². The van der Waals surface area contributed by atoms with Crippen LogP contribution in [0.15, 0.2) is 30.3 Å². The van der Waals surface area contributed by atoms with Gasteiger partial charge in [0, 0.05) is 25.2 Å². The molecule has 3 N–H and O–H groups in total. The SMILES string of the molecule is O=C(O)C[C@H](NC(=O)[C@@H]1CCCN(CCCc2ccc3c(n2)NCCC3)C1)c1ccc2c(c1)CCO2. The van der Waals surface area contributed by atoms with Gasteiger partial charge >= 0.3 is 5.97 Å². The highest BCUT2D eigenvalue weighted by Gasteiger charge is 2.29. The second-order valence-corrected chi connectivity index (χ2v) is 10.2. The summed E-state index contributed by atoms with van der Waals surface area (Å²) in [6.45, 7) is 4.27. The lowest BCUT2D eigenvalue weighted by atomic mass is 9.94. The number of likely N-dealkylation sites (tertiary alicyclic amines) is 1. The molecule has 192 valence electrons. The number of amides is 1. The maximum atomic E-state index is 13.2. The van der Waals surface area contributed by atoms with E-state index in [9.17, 15) is 14.7 Å². The van der Waals surface area contributed by atoms with Gasteiger partial charge in [-0.15, -0.1) is 0 Å². The molecule has 2 atom stereocenters. The summed E-state index contributed by atoms with van der Waals surface area (Å²) in [5, 5.41) is 15.9. The lowest BCUT2D eigenvalue weighted by Gasteiger charge is -2.33. The number of aromatic nitrogens is 1. The van der Waals surface area contributed by atoms with Crippen molar-refractivity contribution in [3.63, 3.8) is 0 Å². The Morgan fingerprint density at radius 1 is 1.19 bits per heavy atom. The van der Waals surface area contributed by atoms with Crippen molar-refractivity contribution in [3.05, 3.63) is 52.7 Å². The van der Waals surface area contributed by atoms with Crippen LogP contribution in [0.3, 0.4) is 0 Å². The van der Waals surface area contributed by atoms with Crippen LogP contribution in [0.5, 0.6) is 5.75 Å². The van der Waals surface area contributed by atoms with Crippen molar-refractivity contribution >= 4 is 17.7 Å². The van der Waals surface area contributed by atoms with Crippen LogP contribution in [-0.2, 0) is 28.9 Å². The number of carbonyl (C=O) groups excluding carboxylic acids is 1. The van der Waals surface area contributed by atoms with Crippen LogP contribution < -0.4 is 15.4 Å². The summed E-state index contributed by atoms with van der Waals surface area (Å²) in [6.07, 6.45) is 6.66. The van der Waals surface area contributed by atoms with Crippen molar-refractivity contribution in [2.75, 3.05) is 38.1 Å². The molecular formula is C28H36N4O4. The van der Waals surface area contributed by atoms with Gasteiger partial charge in [-0.2, -0.15) is 0 Å². The molecule has 0 bridgehead atoms. The summed E-state index contributed by atoms with van der Waals surface area (Å²) in [4.78, 5) is 31.9. The number of rotatable bonds is 9. The Bertz CT molecular complexity index is 1100. The number of aryl methyl sites for hydroxylation is 2. The van der Waals surface area contributed by atoms with Gasteiger partial charge in [-0.05, 0) is 86.5 Å². The highest BCUT2D eigenvalue weighted by molar-refractivity contribution is 5.80. The zero-order chi connectivity index (χ0) is 24.9. The van der Waals surface area contributed by atoms with E-state index in [0.717, 1.165) is 93.0 Å². The number of pyridine rings is 1. The number of hydrogen-bond acceptors (Lipinski definition) is 6. The summed E-state index contributed by atoms with van der Waals surface area (Å²) in [6, 6.07) is 9.54. The first-order valence-corrected chi connectivity index (χ1v) is 13.3. The van der Waals surface area contributed by atoms with Gasteiger partial charge in [0.05, 0.1) is 25.0 Å². The molecule has 4 heterocycles. The third-order valence-electron chi connectivity index (χ3n) is 7.55. The smallest absolute Gasteiger partial charge is 0.305 e. The predicted octanol–water partition coefficient (Wildman–Crippen LogP) is 3.35. The molecule has 1 saturated heterocycles. The van der Waals surface area contributed by atoms with Gasteiger partial charge in [0.2, 0.25) is 5.91 Å². The molecule has 8 nitrogen and oxygen atoms in total. The third kappa shape index (κ3) is 5.98. The topological polar surface area (TPSA) is 104 Å². The van der Waals surface area contributed by atoms with Gasteiger partial charge in [0.15, 0.2) is 0 Å². The zero-order valence-corrected chi connectivity index (χ0v) is 20.8. The average molecular weight is 493 g/mol. The Morgan fingerprint density at radius 3 is 3.00 bits per heavy atom. The molecule has 5 rings (SSSR count). The van der Waals surface area contributed by atoms with Crippen LogP contribution in [0, 0.1) is 5.92 Å². The molecule has 0 saturated carbocycles. The summed E-state index contributed by atoms with van der Waals surface area (Å²) < 4.78 is 5.57. The molecule has 0 spiro atoms. The number of benzene rings is 1. The molecule has 0 aliphatic carbocycles.